The van der Waals surface area contributed by atoms with Gasteiger partial charge in [-0.2, -0.15) is 4.80 Å². The number of carbonyl (C=O) groups excluding carboxylic acids is 1. The van der Waals surface area contributed by atoms with E-state index in [4.69, 9.17) is 4.74 Å². The van der Waals surface area contributed by atoms with Gasteiger partial charge in [-0.15, -0.1) is 10.2 Å². The van der Waals surface area contributed by atoms with Crippen LogP contribution >= 0.6 is 0 Å². The zero-order valence-electron chi connectivity index (χ0n) is 16.2. The molecule has 0 unspecified atom stereocenters. The number of benzene rings is 3. The molecule has 0 spiro atoms. The Labute approximate surface area is 171 Å². The van der Waals surface area contributed by atoms with Crippen molar-refractivity contribution in [3.05, 3.63) is 81.9 Å². The van der Waals surface area contributed by atoms with Crippen LogP contribution in [-0.2, 0) is 0 Å². The van der Waals surface area contributed by atoms with Crippen molar-refractivity contribution >= 4 is 28.3 Å². The lowest BCUT2D eigenvalue weighted by molar-refractivity contribution is -0.384. The summed E-state index contributed by atoms with van der Waals surface area (Å²) in [5.74, 6) is 0.373. The van der Waals surface area contributed by atoms with Crippen LogP contribution in [0.1, 0.15) is 15.9 Å². The van der Waals surface area contributed by atoms with Gasteiger partial charge in [0.05, 0.1) is 17.7 Å². The average Bonchev–Trinajstić information content (AvgIpc) is 3.16. The van der Waals surface area contributed by atoms with Gasteiger partial charge in [0, 0.05) is 23.4 Å². The highest BCUT2D eigenvalue weighted by atomic mass is 16.6. The zero-order chi connectivity index (χ0) is 21.3. The van der Waals surface area contributed by atoms with Gasteiger partial charge >= 0.3 is 0 Å². The first kappa shape index (κ1) is 19.1. The molecule has 0 radical (unpaired) electrons. The molecular formula is C21H17N5O4. The Bertz CT molecular complexity index is 1250. The molecule has 30 heavy (non-hydrogen) atoms. The minimum atomic E-state index is -0.508. The molecule has 0 bridgehead atoms. The molecule has 0 fully saturated rings. The van der Waals surface area contributed by atoms with E-state index < -0.39 is 4.92 Å². The van der Waals surface area contributed by atoms with Gasteiger partial charge in [-0.05, 0) is 61.0 Å². The maximum atomic E-state index is 12.5. The number of methoxy groups -OCH3 is 1. The van der Waals surface area contributed by atoms with E-state index in [1.165, 1.54) is 29.1 Å². The first-order chi connectivity index (χ1) is 14.4. The first-order valence-electron chi connectivity index (χ1n) is 9.02. The Morgan fingerprint density at radius 1 is 1.03 bits per heavy atom. The predicted octanol–water partition coefficient (Wildman–Crippen LogP) is 3.90. The fraction of sp³-hybridized carbons (Fsp3) is 0.0952. The number of amides is 1. The smallest absolute Gasteiger partial charge is 0.269 e. The molecule has 9 heteroatoms. The number of nitro benzene ring substituents is 1. The van der Waals surface area contributed by atoms with Gasteiger partial charge in [0.25, 0.3) is 11.6 Å². The van der Waals surface area contributed by atoms with Crippen LogP contribution in [0.5, 0.6) is 5.75 Å². The topological polar surface area (TPSA) is 112 Å². The van der Waals surface area contributed by atoms with Crippen LogP contribution in [0.3, 0.4) is 0 Å². The minimum Gasteiger partial charge on any atom is -0.497 e. The number of non-ortho nitro benzene ring substituents is 1. The van der Waals surface area contributed by atoms with Crippen LogP contribution in [0.2, 0.25) is 0 Å². The monoisotopic (exact) mass is 403 g/mol. The molecular weight excluding hydrogens is 386 g/mol. The van der Waals surface area contributed by atoms with E-state index >= 15 is 0 Å². The number of hydrogen-bond acceptors (Lipinski definition) is 6. The van der Waals surface area contributed by atoms with E-state index in [1.807, 2.05) is 37.3 Å². The number of anilines is 1. The summed E-state index contributed by atoms with van der Waals surface area (Å²) in [5.41, 5.74) is 3.75. The molecule has 0 aliphatic carbocycles. The van der Waals surface area contributed by atoms with Gasteiger partial charge in [-0.3, -0.25) is 14.9 Å². The normalized spacial score (nSPS) is 10.7. The van der Waals surface area contributed by atoms with Crippen LogP contribution in [0, 0.1) is 17.0 Å². The average molecular weight is 403 g/mol. The van der Waals surface area contributed by atoms with E-state index in [0.29, 0.717) is 22.3 Å². The van der Waals surface area contributed by atoms with Crippen molar-refractivity contribution in [1.29, 1.82) is 0 Å². The lowest BCUT2D eigenvalue weighted by Gasteiger charge is -2.08. The largest absolute Gasteiger partial charge is 0.497 e. The fourth-order valence-electron chi connectivity index (χ4n) is 2.96. The fourth-order valence-corrected chi connectivity index (χ4v) is 2.96. The number of carbonyl (C=O) groups is 1. The van der Waals surface area contributed by atoms with Gasteiger partial charge < -0.3 is 10.1 Å². The van der Waals surface area contributed by atoms with Crippen LogP contribution in [0.4, 0.5) is 11.4 Å². The van der Waals surface area contributed by atoms with Gasteiger partial charge in [0.2, 0.25) is 0 Å². The summed E-state index contributed by atoms with van der Waals surface area (Å²) in [6.45, 7) is 1.86. The van der Waals surface area contributed by atoms with Gasteiger partial charge in [-0.1, -0.05) is 0 Å². The van der Waals surface area contributed by atoms with Crippen molar-refractivity contribution in [3.63, 3.8) is 0 Å². The molecule has 1 amide bonds. The Balaban J connectivity index is 1.60. The lowest BCUT2D eigenvalue weighted by Crippen LogP contribution is -2.12. The second-order valence-corrected chi connectivity index (χ2v) is 6.60. The van der Waals surface area contributed by atoms with Gasteiger partial charge in [-0.25, -0.2) is 0 Å². The van der Waals surface area contributed by atoms with Crippen LogP contribution < -0.4 is 10.1 Å². The zero-order valence-corrected chi connectivity index (χ0v) is 16.2. The molecule has 1 aromatic heterocycles. The molecule has 0 saturated heterocycles. The Hall–Kier alpha value is -4.27. The molecule has 0 aliphatic heterocycles. The number of aromatic nitrogens is 3. The van der Waals surface area contributed by atoms with Crippen molar-refractivity contribution in [2.75, 3.05) is 12.4 Å². The Morgan fingerprint density at radius 2 is 1.67 bits per heavy atom. The standard InChI is InChI=1S/C21H17N5O4/c1-13-11-19-20(24-25(23-19)15-7-9-17(30-2)10-8-15)12-18(13)22-21(27)14-3-5-16(6-4-14)26(28)29/h3-12H,1-2H3,(H,22,27). The van der Waals surface area contributed by atoms with Crippen molar-refractivity contribution in [2.24, 2.45) is 0 Å². The highest BCUT2D eigenvalue weighted by Crippen LogP contribution is 2.23. The maximum Gasteiger partial charge on any atom is 0.269 e. The van der Waals surface area contributed by atoms with Gasteiger partial charge in [0.15, 0.2) is 0 Å². The molecule has 9 nitrogen and oxygen atoms in total. The highest BCUT2D eigenvalue weighted by Gasteiger charge is 2.13. The Kier molecular flexibility index (Phi) is 4.85. The Morgan fingerprint density at radius 3 is 2.27 bits per heavy atom. The summed E-state index contributed by atoms with van der Waals surface area (Å²) in [7, 11) is 1.60. The number of fused-ring (bicyclic) bond motifs is 1. The summed E-state index contributed by atoms with van der Waals surface area (Å²) >= 11 is 0. The molecule has 4 rings (SSSR count). The molecule has 1 heterocycles. The van der Waals surface area contributed by atoms with Crippen molar-refractivity contribution in [3.8, 4) is 11.4 Å². The molecule has 3 aromatic carbocycles. The van der Waals surface area contributed by atoms with Crippen molar-refractivity contribution < 1.29 is 14.5 Å². The first-order valence-corrected chi connectivity index (χ1v) is 9.02. The number of hydrogen-bond donors (Lipinski definition) is 1. The summed E-state index contributed by atoms with van der Waals surface area (Å²) in [5, 5.41) is 22.6. The molecule has 4 aromatic rings. The molecule has 1 N–H and O–H groups in total. The SMILES string of the molecule is COc1ccc(-n2nc3cc(C)c(NC(=O)c4ccc([N+](=O)[O-])cc4)cc3n2)cc1. The summed E-state index contributed by atoms with van der Waals surface area (Å²) in [4.78, 5) is 24.3. The van der Waals surface area contributed by atoms with E-state index in [9.17, 15) is 14.9 Å². The van der Waals surface area contributed by atoms with Crippen molar-refractivity contribution in [1.82, 2.24) is 15.0 Å². The molecule has 0 saturated carbocycles. The molecule has 150 valence electrons. The van der Waals surface area contributed by atoms with E-state index in [-0.39, 0.29) is 11.6 Å². The van der Waals surface area contributed by atoms with Crippen LogP contribution in [0.15, 0.2) is 60.7 Å². The quantitative estimate of drug-likeness (QED) is 0.399. The lowest BCUT2D eigenvalue weighted by atomic mass is 10.1. The number of aryl methyl sites for hydroxylation is 1. The summed E-state index contributed by atoms with van der Waals surface area (Å²) in [6, 6.07) is 16.4. The number of nitrogens with zero attached hydrogens (tertiary/aromatic N) is 4. The molecule has 0 aliphatic rings. The van der Waals surface area contributed by atoms with Crippen LogP contribution in [-0.4, -0.2) is 32.9 Å². The second-order valence-electron chi connectivity index (χ2n) is 6.60. The van der Waals surface area contributed by atoms with Crippen LogP contribution in [0.25, 0.3) is 16.7 Å². The highest BCUT2D eigenvalue weighted by molar-refractivity contribution is 6.05. The number of nitro groups is 1. The third-order valence-corrected chi connectivity index (χ3v) is 4.62. The second kappa shape index (κ2) is 7.63. The van der Waals surface area contributed by atoms with Gasteiger partial charge in [0.1, 0.15) is 16.8 Å². The van der Waals surface area contributed by atoms with E-state index in [2.05, 4.69) is 15.5 Å². The van der Waals surface area contributed by atoms with E-state index in [0.717, 1.165) is 17.0 Å². The third kappa shape index (κ3) is 3.68. The number of rotatable bonds is 5. The van der Waals surface area contributed by atoms with E-state index in [1.54, 1.807) is 13.2 Å². The number of nitrogens with one attached hydrogen (secondary N) is 1. The summed E-state index contributed by atoms with van der Waals surface area (Å²) < 4.78 is 5.16. The molecule has 0 atom stereocenters. The predicted molar refractivity (Wildman–Crippen MR) is 111 cm³/mol. The maximum absolute atomic E-state index is 12.5. The summed E-state index contributed by atoms with van der Waals surface area (Å²) in [6.07, 6.45) is 0. The van der Waals surface area contributed by atoms with Crippen molar-refractivity contribution in [2.45, 2.75) is 6.92 Å². The third-order valence-electron chi connectivity index (χ3n) is 4.62. The minimum absolute atomic E-state index is 0.0701. The number of ether oxygens (including phenoxy) is 1.